The number of hydrogen-bond donors (Lipinski definition) is 1. The summed E-state index contributed by atoms with van der Waals surface area (Å²) in [6.45, 7) is 2.33. The normalized spacial score (nSPS) is 16.9. The number of nitrogens with one attached hydrogen (secondary N) is 1. The fourth-order valence-electron chi connectivity index (χ4n) is 2.68. The van der Waals surface area contributed by atoms with Gasteiger partial charge in [0.1, 0.15) is 17.5 Å². The molecule has 7 heteroatoms. The highest BCUT2D eigenvalue weighted by Crippen LogP contribution is 2.33. The number of H-pyrrole nitrogens is 1. The first-order valence-corrected chi connectivity index (χ1v) is 7.19. The summed E-state index contributed by atoms with van der Waals surface area (Å²) in [5.74, 6) is -0.184. The first kappa shape index (κ1) is 13.6. The third kappa shape index (κ3) is 2.26. The highest BCUT2D eigenvalue weighted by atomic mass is 16.5. The first-order valence-electron chi connectivity index (χ1n) is 7.19. The Labute approximate surface area is 130 Å². The van der Waals surface area contributed by atoms with Gasteiger partial charge in [-0.25, -0.2) is 9.78 Å². The second kappa shape index (κ2) is 4.98. The number of anilines is 1. The third-order valence-corrected chi connectivity index (χ3v) is 3.67. The van der Waals surface area contributed by atoms with Gasteiger partial charge in [-0.2, -0.15) is 0 Å². The van der Waals surface area contributed by atoms with E-state index in [2.05, 4.69) is 9.97 Å². The molecule has 1 aliphatic rings. The minimum absolute atomic E-state index is 0.119. The van der Waals surface area contributed by atoms with Crippen LogP contribution in [0.25, 0.3) is 11.2 Å². The summed E-state index contributed by atoms with van der Waals surface area (Å²) < 4.78 is 10.6. The standard InChI is InChI=1S/C16H13N3O4/c1-9-8-19(11-4-2-3-5-12(11)22-9)15(20)10-6-7-13-14(17-10)18-16(21)23-13/h2-7,9H,8H2,1H3,(H,17,18,21). The maximum atomic E-state index is 12.8. The second-order valence-corrected chi connectivity index (χ2v) is 5.37. The fourth-order valence-corrected chi connectivity index (χ4v) is 2.68. The van der Waals surface area contributed by atoms with Gasteiger partial charge in [-0.1, -0.05) is 12.1 Å². The summed E-state index contributed by atoms with van der Waals surface area (Å²) in [6.07, 6.45) is -0.119. The number of benzene rings is 1. The molecule has 2 aromatic heterocycles. The zero-order valence-electron chi connectivity index (χ0n) is 12.3. The lowest BCUT2D eigenvalue weighted by Gasteiger charge is -2.33. The van der Waals surface area contributed by atoms with Crippen LogP contribution in [-0.2, 0) is 0 Å². The molecule has 0 saturated carbocycles. The Morgan fingerprint density at radius 1 is 1.30 bits per heavy atom. The summed E-state index contributed by atoms with van der Waals surface area (Å²) in [7, 11) is 0. The molecule has 1 N–H and O–H groups in total. The lowest BCUT2D eigenvalue weighted by atomic mass is 10.1. The molecule has 1 aliphatic heterocycles. The van der Waals surface area contributed by atoms with Crippen molar-refractivity contribution in [2.24, 2.45) is 0 Å². The molecule has 116 valence electrons. The van der Waals surface area contributed by atoms with Crippen molar-refractivity contribution in [3.8, 4) is 5.75 Å². The van der Waals surface area contributed by atoms with Gasteiger partial charge in [-0.15, -0.1) is 0 Å². The second-order valence-electron chi connectivity index (χ2n) is 5.37. The Morgan fingerprint density at radius 3 is 3.00 bits per heavy atom. The maximum Gasteiger partial charge on any atom is 0.418 e. The van der Waals surface area contributed by atoms with E-state index in [1.165, 1.54) is 0 Å². The summed E-state index contributed by atoms with van der Waals surface area (Å²) in [5.41, 5.74) is 1.52. The van der Waals surface area contributed by atoms with Gasteiger partial charge < -0.3 is 9.15 Å². The number of para-hydroxylation sites is 2. The fraction of sp³-hybridized carbons (Fsp3) is 0.188. The minimum atomic E-state index is -0.595. The number of oxazole rings is 1. The zero-order valence-corrected chi connectivity index (χ0v) is 12.3. The molecule has 0 spiro atoms. The van der Waals surface area contributed by atoms with E-state index in [0.717, 1.165) is 0 Å². The molecule has 0 fully saturated rings. The summed E-state index contributed by atoms with van der Waals surface area (Å²) in [6, 6.07) is 10.5. The van der Waals surface area contributed by atoms with E-state index in [1.54, 1.807) is 17.0 Å². The van der Waals surface area contributed by atoms with E-state index in [1.807, 2.05) is 31.2 Å². The predicted molar refractivity (Wildman–Crippen MR) is 82.8 cm³/mol. The van der Waals surface area contributed by atoms with Gasteiger partial charge >= 0.3 is 5.76 Å². The van der Waals surface area contributed by atoms with Crippen LogP contribution in [0.2, 0.25) is 0 Å². The molecule has 0 aliphatic carbocycles. The van der Waals surface area contributed by atoms with E-state index in [-0.39, 0.29) is 23.4 Å². The van der Waals surface area contributed by atoms with Crippen LogP contribution in [0.3, 0.4) is 0 Å². The third-order valence-electron chi connectivity index (χ3n) is 3.67. The number of aromatic nitrogens is 2. The first-order chi connectivity index (χ1) is 11.1. The van der Waals surface area contributed by atoms with E-state index >= 15 is 0 Å². The number of carbonyl (C=O) groups is 1. The van der Waals surface area contributed by atoms with Crippen molar-refractivity contribution >= 4 is 22.8 Å². The molecule has 0 saturated heterocycles. The summed E-state index contributed by atoms with van der Waals surface area (Å²) in [4.78, 5) is 32.3. The molecule has 23 heavy (non-hydrogen) atoms. The van der Waals surface area contributed by atoms with Crippen molar-refractivity contribution in [1.29, 1.82) is 0 Å². The summed E-state index contributed by atoms with van der Waals surface area (Å²) in [5, 5.41) is 0. The molecule has 1 amide bonds. The minimum Gasteiger partial charge on any atom is -0.487 e. The van der Waals surface area contributed by atoms with Crippen molar-refractivity contribution in [2.75, 3.05) is 11.4 Å². The van der Waals surface area contributed by atoms with Crippen molar-refractivity contribution in [2.45, 2.75) is 13.0 Å². The van der Waals surface area contributed by atoms with Gasteiger partial charge in [0.2, 0.25) is 0 Å². The van der Waals surface area contributed by atoms with E-state index < -0.39 is 5.76 Å². The number of carbonyl (C=O) groups excluding carboxylic acids is 1. The number of pyridine rings is 1. The summed E-state index contributed by atoms with van der Waals surface area (Å²) >= 11 is 0. The average molecular weight is 311 g/mol. The van der Waals surface area contributed by atoms with Crippen LogP contribution in [-0.4, -0.2) is 28.5 Å². The highest BCUT2D eigenvalue weighted by Gasteiger charge is 2.29. The van der Waals surface area contributed by atoms with Gasteiger partial charge in [0.25, 0.3) is 5.91 Å². The number of aromatic amines is 1. The topological polar surface area (TPSA) is 88.4 Å². The zero-order chi connectivity index (χ0) is 16.0. The largest absolute Gasteiger partial charge is 0.487 e. The quantitative estimate of drug-likeness (QED) is 0.742. The Balaban J connectivity index is 1.77. The number of rotatable bonds is 1. The van der Waals surface area contributed by atoms with Crippen molar-refractivity contribution < 1.29 is 13.9 Å². The number of amides is 1. The van der Waals surface area contributed by atoms with E-state index in [0.29, 0.717) is 23.6 Å². The van der Waals surface area contributed by atoms with Crippen LogP contribution in [0, 0.1) is 0 Å². The monoisotopic (exact) mass is 311 g/mol. The van der Waals surface area contributed by atoms with Gasteiger partial charge in [-0.05, 0) is 31.2 Å². The number of ether oxygens (including phenoxy) is 1. The Bertz CT molecular complexity index is 959. The Kier molecular flexibility index (Phi) is 2.94. The van der Waals surface area contributed by atoms with Gasteiger partial charge in [0, 0.05) is 0 Å². The van der Waals surface area contributed by atoms with Gasteiger partial charge in [0.15, 0.2) is 11.2 Å². The maximum absolute atomic E-state index is 12.8. The molecule has 3 heterocycles. The smallest absolute Gasteiger partial charge is 0.418 e. The molecule has 1 aromatic carbocycles. The number of fused-ring (bicyclic) bond motifs is 2. The molecule has 7 nitrogen and oxygen atoms in total. The van der Waals surface area contributed by atoms with Gasteiger partial charge in [-0.3, -0.25) is 14.7 Å². The average Bonchev–Trinajstić information content (AvgIpc) is 2.92. The Morgan fingerprint density at radius 2 is 2.13 bits per heavy atom. The predicted octanol–water partition coefficient (Wildman–Crippen LogP) is 1.94. The molecule has 3 aromatic rings. The van der Waals surface area contributed by atoms with E-state index in [9.17, 15) is 9.59 Å². The van der Waals surface area contributed by atoms with Crippen LogP contribution >= 0.6 is 0 Å². The molecule has 1 unspecified atom stereocenters. The van der Waals surface area contributed by atoms with Crippen LogP contribution in [0.5, 0.6) is 5.75 Å². The van der Waals surface area contributed by atoms with Crippen LogP contribution in [0.4, 0.5) is 5.69 Å². The molecule has 0 radical (unpaired) electrons. The molecule has 4 rings (SSSR count). The van der Waals surface area contributed by atoms with Gasteiger partial charge in [0.05, 0.1) is 12.2 Å². The highest BCUT2D eigenvalue weighted by molar-refractivity contribution is 6.06. The van der Waals surface area contributed by atoms with E-state index in [4.69, 9.17) is 9.15 Å². The lowest BCUT2D eigenvalue weighted by molar-refractivity contribution is 0.0956. The lowest BCUT2D eigenvalue weighted by Crippen LogP contribution is -2.42. The SMILES string of the molecule is CC1CN(C(=O)c2ccc3oc(=O)[nH]c3n2)c2ccccc2O1. The van der Waals surface area contributed by atoms with Crippen molar-refractivity contribution in [3.63, 3.8) is 0 Å². The Hall–Kier alpha value is -3.09. The number of nitrogens with zero attached hydrogens (tertiary/aromatic N) is 2. The molecule has 1 atom stereocenters. The molecular weight excluding hydrogens is 298 g/mol. The van der Waals surface area contributed by atoms with Crippen molar-refractivity contribution in [1.82, 2.24) is 9.97 Å². The number of hydrogen-bond acceptors (Lipinski definition) is 5. The van der Waals surface area contributed by atoms with Crippen LogP contribution < -0.4 is 15.4 Å². The molecule has 0 bridgehead atoms. The van der Waals surface area contributed by atoms with Crippen LogP contribution in [0.1, 0.15) is 17.4 Å². The van der Waals surface area contributed by atoms with Crippen molar-refractivity contribution in [3.05, 3.63) is 52.6 Å². The molecular formula is C16H13N3O4. The van der Waals surface area contributed by atoms with Crippen LogP contribution in [0.15, 0.2) is 45.6 Å².